The van der Waals surface area contributed by atoms with Crippen LogP contribution in [0.5, 0.6) is 0 Å². The highest BCUT2D eigenvalue weighted by molar-refractivity contribution is 7.22. The lowest BCUT2D eigenvalue weighted by atomic mass is 9.97. The largest absolute Gasteiger partial charge is 0.347 e. The van der Waals surface area contributed by atoms with Crippen LogP contribution >= 0.6 is 11.3 Å². The van der Waals surface area contributed by atoms with E-state index in [9.17, 15) is 9.18 Å². The maximum atomic E-state index is 13.4. The molecule has 1 N–H and O–H groups in total. The fourth-order valence-electron chi connectivity index (χ4n) is 3.30. The van der Waals surface area contributed by atoms with E-state index in [0.717, 1.165) is 34.7 Å². The quantitative estimate of drug-likeness (QED) is 0.741. The Hall–Kier alpha value is -2.98. The summed E-state index contributed by atoms with van der Waals surface area (Å²) in [5, 5.41) is 12.7. The number of carbonyl (C=O) groups is 1. The van der Waals surface area contributed by atoms with Crippen LogP contribution in [0.1, 0.15) is 18.4 Å². The molecule has 2 heterocycles. The lowest BCUT2D eigenvalue weighted by Crippen LogP contribution is -2.40. The predicted molar refractivity (Wildman–Crippen MR) is 104 cm³/mol. The van der Waals surface area contributed by atoms with Crippen LogP contribution in [-0.2, 0) is 4.79 Å². The number of hydrogen-bond donors (Lipinski definition) is 1. The van der Waals surface area contributed by atoms with Gasteiger partial charge >= 0.3 is 0 Å². The number of amides is 1. The number of halogens is 1. The lowest BCUT2D eigenvalue weighted by Gasteiger charge is -2.31. The molecular weight excluding hydrogens is 363 g/mol. The number of piperidine rings is 1. The average Bonchev–Trinajstić information content (AvgIpc) is 3.11. The van der Waals surface area contributed by atoms with E-state index in [4.69, 9.17) is 5.26 Å². The maximum Gasteiger partial charge on any atom is 0.229 e. The minimum Gasteiger partial charge on any atom is -0.347 e. The van der Waals surface area contributed by atoms with Gasteiger partial charge in [-0.15, -0.1) is 0 Å². The van der Waals surface area contributed by atoms with Crippen LogP contribution in [-0.4, -0.2) is 24.0 Å². The third-order valence-electron chi connectivity index (χ3n) is 4.66. The van der Waals surface area contributed by atoms with Crippen LogP contribution in [0.15, 0.2) is 42.5 Å². The predicted octanol–water partition coefficient (Wildman–Crippen LogP) is 4.16. The molecule has 2 aromatic carbocycles. The van der Waals surface area contributed by atoms with Gasteiger partial charge in [-0.1, -0.05) is 17.4 Å². The van der Waals surface area contributed by atoms with Gasteiger partial charge in [-0.25, -0.2) is 9.37 Å². The highest BCUT2D eigenvalue weighted by atomic mass is 32.1. The van der Waals surface area contributed by atoms with Gasteiger partial charge in [0.1, 0.15) is 5.82 Å². The summed E-state index contributed by atoms with van der Waals surface area (Å²) in [6, 6.07) is 13.6. The molecule has 0 spiro atoms. The second kappa shape index (κ2) is 7.33. The van der Waals surface area contributed by atoms with Crippen molar-refractivity contribution in [2.45, 2.75) is 12.8 Å². The number of rotatable bonds is 3. The van der Waals surface area contributed by atoms with E-state index in [1.165, 1.54) is 23.5 Å². The molecule has 0 radical (unpaired) electrons. The molecule has 27 heavy (non-hydrogen) atoms. The van der Waals surface area contributed by atoms with Gasteiger partial charge < -0.3 is 10.2 Å². The monoisotopic (exact) mass is 380 g/mol. The van der Waals surface area contributed by atoms with Crippen molar-refractivity contribution in [1.82, 2.24) is 4.98 Å². The first-order chi connectivity index (χ1) is 13.1. The number of thiazole rings is 1. The van der Waals surface area contributed by atoms with E-state index in [1.807, 2.05) is 0 Å². The standard InChI is InChI=1S/C20H17FN4OS/c21-15-6-7-17-18(10-15)27-20(24-17)25-8-2-4-14(12-25)19(26)23-16-5-1-3-13(9-16)11-22/h1,3,5-7,9-10,14H,2,4,8,12H2,(H,23,26). The number of carbonyl (C=O) groups excluding carboxylic acids is 1. The Labute approximate surface area is 160 Å². The summed E-state index contributed by atoms with van der Waals surface area (Å²) in [5.74, 6) is -0.483. The van der Waals surface area contributed by atoms with Crippen LogP contribution in [0.4, 0.5) is 15.2 Å². The molecule has 0 saturated carbocycles. The molecule has 1 aliphatic heterocycles. The first-order valence-electron chi connectivity index (χ1n) is 8.74. The van der Waals surface area contributed by atoms with Crippen LogP contribution in [0.25, 0.3) is 10.2 Å². The Morgan fingerprint density at radius 2 is 2.22 bits per heavy atom. The zero-order valence-electron chi connectivity index (χ0n) is 14.5. The van der Waals surface area contributed by atoms with E-state index in [1.54, 1.807) is 30.3 Å². The molecule has 5 nitrogen and oxygen atoms in total. The van der Waals surface area contributed by atoms with E-state index < -0.39 is 0 Å². The molecule has 1 fully saturated rings. The van der Waals surface area contributed by atoms with Gasteiger partial charge in [-0.3, -0.25) is 4.79 Å². The van der Waals surface area contributed by atoms with E-state index in [2.05, 4.69) is 21.3 Å². The van der Waals surface area contributed by atoms with Gasteiger partial charge in [0.15, 0.2) is 5.13 Å². The molecule has 3 aromatic rings. The zero-order chi connectivity index (χ0) is 18.8. The van der Waals surface area contributed by atoms with E-state index in [0.29, 0.717) is 17.8 Å². The van der Waals surface area contributed by atoms with Gasteiger partial charge in [0.05, 0.1) is 27.8 Å². The molecule has 0 bridgehead atoms. The number of fused-ring (bicyclic) bond motifs is 1. The summed E-state index contributed by atoms with van der Waals surface area (Å²) in [4.78, 5) is 19.4. The third-order valence-corrected chi connectivity index (χ3v) is 5.74. The van der Waals surface area contributed by atoms with Gasteiger partial charge in [0.2, 0.25) is 5.91 Å². The van der Waals surface area contributed by atoms with Crippen molar-refractivity contribution in [3.8, 4) is 6.07 Å². The van der Waals surface area contributed by atoms with Gasteiger partial charge in [0, 0.05) is 18.8 Å². The SMILES string of the molecule is N#Cc1cccc(NC(=O)C2CCCN(c3nc4ccc(F)cc4s3)C2)c1. The minimum absolute atomic E-state index is 0.0538. The summed E-state index contributed by atoms with van der Waals surface area (Å²) < 4.78 is 14.2. The molecular formula is C20H17FN4OS. The Kier molecular flexibility index (Phi) is 4.73. The second-order valence-electron chi connectivity index (χ2n) is 6.58. The summed E-state index contributed by atoms with van der Waals surface area (Å²) in [7, 11) is 0. The Bertz CT molecular complexity index is 1040. The van der Waals surface area contributed by atoms with Crippen molar-refractivity contribution >= 4 is 38.3 Å². The second-order valence-corrected chi connectivity index (χ2v) is 7.58. The van der Waals surface area contributed by atoms with Crippen molar-refractivity contribution in [1.29, 1.82) is 5.26 Å². The molecule has 4 rings (SSSR count). The number of nitrogens with one attached hydrogen (secondary N) is 1. The van der Waals surface area contributed by atoms with Crippen molar-refractivity contribution < 1.29 is 9.18 Å². The number of nitriles is 1. The lowest BCUT2D eigenvalue weighted by molar-refractivity contribution is -0.120. The Morgan fingerprint density at radius 1 is 1.33 bits per heavy atom. The summed E-state index contributed by atoms with van der Waals surface area (Å²) in [6.45, 7) is 1.40. The number of hydrogen-bond acceptors (Lipinski definition) is 5. The van der Waals surface area contributed by atoms with E-state index in [-0.39, 0.29) is 17.6 Å². The molecule has 1 saturated heterocycles. The molecule has 136 valence electrons. The highest BCUT2D eigenvalue weighted by Crippen LogP contribution is 2.32. The first kappa shape index (κ1) is 17.4. The van der Waals surface area contributed by atoms with Gasteiger partial charge in [-0.05, 0) is 49.2 Å². The fraction of sp³-hybridized carbons (Fsp3) is 0.250. The van der Waals surface area contributed by atoms with Crippen molar-refractivity contribution in [2.75, 3.05) is 23.3 Å². The molecule has 1 aliphatic rings. The molecule has 1 atom stereocenters. The maximum absolute atomic E-state index is 13.4. The number of anilines is 2. The van der Waals surface area contributed by atoms with Crippen molar-refractivity contribution in [3.63, 3.8) is 0 Å². The van der Waals surface area contributed by atoms with Crippen molar-refractivity contribution in [2.24, 2.45) is 5.92 Å². The minimum atomic E-state index is -0.270. The average molecular weight is 380 g/mol. The summed E-state index contributed by atoms with van der Waals surface area (Å²) >= 11 is 1.45. The van der Waals surface area contributed by atoms with Crippen LogP contribution in [0, 0.1) is 23.1 Å². The van der Waals surface area contributed by atoms with Crippen molar-refractivity contribution in [3.05, 3.63) is 53.8 Å². The van der Waals surface area contributed by atoms with E-state index >= 15 is 0 Å². The Balaban J connectivity index is 1.48. The Morgan fingerprint density at radius 3 is 3.07 bits per heavy atom. The number of nitrogens with zero attached hydrogens (tertiary/aromatic N) is 3. The topological polar surface area (TPSA) is 69.0 Å². The third kappa shape index (κ3) is 3.76. The smallest absolute Gasteiger partial charge is 0.229 e. The van der Waals surface area contributed by atoms with Crippen LogP contribution in [0.2, 0.25) is 0 Å². The van der Waals surface area contributed by atoms with Crippen LogP contribution < -0.4 is 10.2 Å². The van der Waals surface area contributed by atoms with Gasteiger partial charge in [-0.2, -0.15) is 5.26 Å². The highest BCUT2D eigenvalue weighted by Gasteiger charge is 2.27. The zero-order valence-corrected chi connectivity index (χ0v) is 15.3. The van der Waals surface area contributed by atoms with Crippen LogP contribution in [0.3, 0.4) is 0 Å². The summed E-state index contributed by atoms with van der Waals surface area (Å²) in [5.41, 5.74) is 1.92. The normalized spacial score (nSPS) is 16.9. The molecule has 1 unspecified atom stereocenters. The first-order valence-corrected chi connectivity index (χ1v) is 9.56. The van der Waals surface area contributed by atoms with Gasteiger partial charge in [0.25, 0.3) is 0 Å². The summed E-state index contributed by atoms with van der Waals surface area (Å²) in [6.07, 6.45) is 1.69. The number of aromatic nitrogens is 1. The molecule has 0 aliphatic carbocycles. The molecule has 1 amide bonds. The molecule has 1 aromatic heterocycles. The fourth-order valence-corrected chi connectivity index (χ4v) is 4.32. The number of benzene rings is 2. The molecule has 7 heteroatoms.